The van der Waals surface area contributed by atoms with E-state index < -0.39 is 0 Å². The molecule has 0 fully saturated rings. The van der Waals surface area contributed by atoms with E-state index in [0.29, 0.717) is 0 Å². The summed E-state index contributed by atoms with van der Waals surface area (Å²) in [7, 11) is 2.18. The van der Waals surface area contributed by atoms with Crippen LogP contribution in [-0.2, 0) is 6.54 Å². The zero-order chi connectivity index (χ0) is 14.5. The van der Waals surface area contributed by atoms with Crippen LogP contribution in [0.2, 0.25) is 0 Å². The lowest BCUT2D eigenvalue weighted by Crippen LogP contribution is -2.35. The smallest absolute Gasteiger partial charge is 0.0420 e. The van der Waals surface area contributed by atoms with Gasteiger partial charge in [-0.15, -0.1) is 0 Å². The number of hydrogen-bond donors (Lipinski definition) is 1. The van der Waals surface area contributed by atoms with Gasteiger partial charge in [0.25, 0.3) is 0 Å². The number of benzene rings is 1. The number of rotatable bonds is 6. The number of anilines is 1. The van der Waals surface area contributed by atoms with Crippen LogP contribution in [-0.4, -0.2) is 19.1 Å². The first-order chi connectivity index (χ1) is 8.83. The highest BCUT2D eigenvalue weighted by Crippen LogP contribution is 2.25. The first-order valence-corrected chi connectivity index (χ1v) is 7.87. The average molecular weight is 327 g/mol. The number of nitrogens with one attached hydrogen (secondary N) is 1. The third-order valence-electron chi connectivity index (χ3n) is 3.11. The normalized spacial score (nSPS) is 11.7. The summed E-state index contributed by atoms with van der Waals surface area (Å²) < 4.78 is 1.14. The van der Waals surface area contributed by atoms with Crippen molar-refractivity contribution in [1.29, 1.82) is 0 Å². The molecule has 0 aliphatic heterocycles. The molecule has 0 unspecified atom stereocenters. The first-order valence-electron chi connectivity index (χ1n) is 7.08. The lowest BCUT2D eigenvalue weighted by atomic mass is 10.1. The van der Waals surface area contributed by atoms with Crippen molar-refractivity contribution in [2.75, 3.05) is 18.5 Å². The lowest BCUT2D eigenvalue weighted by Gasteiger charge is -2.26. The van der Waals surface area contributed by atoms with Crippen LogP contribution in [0, 0.1) is 0 Å². The van der Waals surface area contributed by atoms with Crippen molar-refractivity contribution >= 4 is 21.6 Å². The van der Waals surface area contributed by atoms with Gasteiger partial charge in [-0.1, -0.05) is 35.3 Å². The van der Waals surface area contributed by atoms with Gasteiger partial charge in [0.05, 0.1) is 0 Å². The van der Waals surface area contributed by atoms with E-state index in [-0.39, 0.29) is 5.54 Å². The zero-order valence-electron chi connectivity index (χ0n) is 12.9. The van der Waals surface area contributed by atoms with Gasteiger partial charge >= 0.3 is 0 Å². The monoisotopic (exact) mass is 326 g/mol. The summed E-state index contributed by atoms with van der Waals surface area (Å²) in [6.45, 7) is 10.8. The highest BCUT2D eigenvalue weighted by molar-refractivity contribution is 9.10. The van der Waals surface area contributed by atoms with E-state index in [2.05, 4.69) is 79.1 Å². The van der Waals surface area contributed by atoms with Crippen molar-refractivity contribution in [3.8, 4) is 0 Å². The van der Waals surface area contributed by atoms with Crippen LogP contribution >= 0.6 is 15.9 Å². The zero-order valence-corrected chi connectivity index (χ0v) is 14.5. The second-order valence-electron chi connectivity index (χ2n) is 6.15. The Labute approximate surface area is 126 Å². The molecule has 0 saturated heterocycles. The second-order valence-corrected chi connectivity index (χ2v) is 7.07. The minimum Gasteiger partial charge on any atom is -0.374 e. The third-order valence-corrected chi connectivity index (χ3v) is 3.61. The van der Waals surface area contributed by atoms with Gasteiger partial charge < -0.3 is 10.2 Å². The second kappa shape index (κ2) is 7.30. The molecule has 1 N–H and O–H groups in total. The van der Waals surface area contributed by atoms with E-state index in [1.807, 2.05) is 0 Å². The molecule has 1 aromatic carbocycles. The summed E-state index contributed by atoms with van der Waals surface area (Å²) in [6.07, 6.45) is 2.46. The summed E-state index contributed by atoms with van der Waals surface area (Å²) >= 11 is 3.58. The maximum Gasteiger partial charge on any atom is 0.0420 e. The van der Waals surface area contributed by atoms with E-state index in [1.165, 1.54) is 24.1 Å². The molecule has 1 aromatic rings. The molecule has 0 aliphatic rings. The molecule has 0 aromatic heterocycles. The Kier molecular flexibility index (Phi) is 6.34. The first kappa shape index (κ1) is 16.5. The van der Waals surface area contributed by atoms with Crippen LogP contribution in [0.15, 0.2) is 22.7 Å². The number of halogens is 1. The Bertz CT molecular complexity index is 396. The molecule has 0 amide bonds. The summed E-state index contributed by atoms with van der Waals surface area (Å²) in [6, 6.07) is 6.55. The van der Waals surface area contributed by atoms with E-state index in [0.717, 1.165) is 17.6 Å². The molecule has 0 heterocycles. The van der Waals surface area contributed by atoms with Gasteiger partial charge in [-0.2, -0.15) is 0 Å². The van der Waals surface area contributed by atoms with Crippen LogP contribution in [0.3, 0.4) is 0 Å². The quantitative estimate of drug-likeness (QED) is 0.823. The van der Waals surface area contributed by atoms with Crippen LogP contribution < -0.4 is 10.2 Å². The summed E-state index contributed by atoms with van der Waals surface area (Å²) in [5.41, 5.74) is 2.82. The Morgan fingerprint density at radius 1 is 1.26 bits per heavy atom. The van der Waals surface area contributed by atoms with Crippen LogP contribution in [0.5, 0.6) is 0 Å². The van der Waals surface area contributed by atoms with Crippen molar-refractivity contribution in [2.45, 2.75) is 52.6 Å². The summed E-state index contributed by atoms with van der Waals surface area (Å²) in [5, 5.41) is 3.57. The topological polar surface area (TPSA) is 15.3 Å². The van der Waals surface area contributed by atoms with Gasteiger partial charge in [0, 0.05) is 35.8 Å². The van der Waals surface area contributed by atoms with E-state index >= 15 is 0 Å². The fourth-order valence-electron chi connectivity index (χ4n) is 1.92. The van der Waals surface area contributed by atoms with Crippen LogP contribution in [0.25, 0.3) is 0 Å². The molecule has 0 bridgehead atoms. The van der Waals surface area contributed by atoms with Crippen molar-refractivity contribution in [3.63, 3.8) is 0 Å². The highest BCUT2D eigenvalue weighted by atomic mass is 79.9. The van der Waals surface area contributed by atoms with Gasteiger partial charge in [-0.3, -0.25) is 0 Å². The van der Waals surface area contributed by atoms with E-state index in [9.17, 15) is 0 Å². The van der Waals surface area contributed by atoms with E-state index in [4.69, 9.17) is 0 Å². The molecule has 0 atom stereocenters. The van der Waals surface area contributed by atoms with Crippen molar-refractivity contribution in [2.24, 2.45) is 0 Å². The predicted octanol–water partition coefficient (Wildman–Crippen LogP) is 4.57. The van der Waals surface area contributed by atoms with Gasteiger partial charge in [0.2, 0.25) is 0 Å². The average Bonchev–Trinajstić information content (AvgIpc) is 2.33. The number of hydrogen-bond acceptors (Lipinski definition) is 2. The minimum absolute atomic E-state index is 0.145. The molecule has 2 nitrogen and oxygen atoms in total. The largest absolute Gasteiger partial charge is 0.374 e. The standard InChI is InChI=1S/C16H27BrN2/c1-6-7-10-19(5)15-11-14(17)9-8-13(15)12-18-16(2,3)4/h8-9,11,18H,6-7,10,12H2,1-5H3. The van der Waals surface area contributed by atoms with Crippen molar-refractivity contribution in [3.05, 3.63) is 28.2 Å². The molecule has 0 saturated carbocycles. The van der Waals surface area contributed by atoms with Crippen molar-refractivity contribution in [1.82, 2.24) is 5.32 Å². The molecular formula is C16H27BrN2. The molecule has 19 heavy (non-hydrogen) atoms. The Morgan fingerprint density at radius 2 is 1.95 bits per heavy atom. The highest BCUT2D eigenvalue weighted by Gasteiger charge is 2.12. The molecule has 108 valence electrons. The predicted molar refractivity (Wildman–Crippen MR) is 88.9 cm³/mol. The molecule has 0 radical (unpaired) electrons. The SMILES string of the molecule is CCCCN(C)c1cc(Br)ccc1CNC(C)(C)C. The van der Waals surface area contributed by atoms with Gasteiger partial charge in [0.15, 0.2) is 0 Å². The van der Waals surface area contributed by atoms with Gasteiger partial charge in [-0.05, 0) is 44.9 Å². The van der Waals surface area contributed by atoms with Gasteiger partial charge in [-0.25, -0.2) is 0 Å². The minimum atomic E-state index is 0.145. The summed E-state index contributed by atoms with van der Waals surface area (Å²) in [5.74, 6) is 0. The number of unbranched alkanes of at least 4 members (excludes halogenated alkanes) is 1. The molecular weight excluding hydrogens is 300 g/mol. The fraction of sp³-hybridized carbons (Fsp3) is 0.625. The molecule has 3 heteroatoms. The number of nitrogens with zero attached hydrogens (tertiary/aromatic N) is 1. The maximum absolute atomic E-state index is 3.58. The maximum atomic E-state index is 3.58. The lowest BCUT2D eigenvalue weighted by molar-refractivity contribution is 0.424. The van der Waals surface area contributed by atoms with Crippen LogP contribution in [0.4, 0.5) is 5.69 Å². The van der Waals surface area contributed by atoms with Gasteiger partial charge in [0.1, 0.15) is 0 Å². The molecule has 0 aliphatic carbocycles. The summed E-state index contributed by atoms with van der Waals surface area (Å²) in [4.78, 5) is 2.36. The van der Waals surface area contributed by atoms with E-state index in [1.54, 1.807) is 0 Å². The molecule has 0 spiro atoms. The molecule has 1 rings (SSSR count). The van der Waals surface area contributed by atoms with Crippen LogP contribution in [0.1, 0.15) is 46.1 Å². The Morgan fingerprint density at radius 3 is 2.53 bits per heavy atom. The Hall–Kier alpha value is -0.540. The van der Waals surface area contributed by atoms with Crippen molar-refractivity contribution < 1.29 is 0 Å². The fourth-order valence-corrected chi connectivity index (χ4v) is 2.27. The third kappa shape index (κ3) is 5.96. The Balaban J connectivity index is 2.85.